The fraction of sp³-hybridized carbons (Fsp3) is 0.500. The van der Waals surface area contributed by atoms with E-state index in [2.05, 4.69) is 40.4 Å². The zero-order chi connectivity index (χ0) is 15.0. The van der Waals surface area contributed by atoms with Gasteiger partial charge in [-0.1, -0.05) is 0 Å². The summed E-state index contributed by atoms with van der Waals surface area (Å²) in [6, 6.07) is 2.03. The van der Waals surface area contributed by atoms with Crippen molar-refractivity contribution in [1.82, 2.24) is 19.7 Å². The Morgan fingerprint density at radius 1 is 1.38 bits per heavy atom. The van der Waals surface area contributed by atoms with Gasteiger partial charge in [0.05, 0.1) is 5.69 Å². The molecule has 2 aromatic heterocycles. The normalized spacial score (nSPS) is 15.2. The van der Waals surface area contributed by atoms with Crippen LogP contribution in [-0.2, 0) is 26.1 Å². The first-order valence-corrected chi connectivity index (χ1v) is 7.54. The molecule has 1 N–H and O–H groups in total. The summed E-state index contributed by atoms with van der Waals surface area (Å²) in [4.78, 5) is 17.1. The lowest BCUT2D eigenvalue weighted by atomic mass is 10.0. The maximum absolute atomic E-state index is 11.9. The second-order valence-corrected chi connectivity index (χ2v) is 5.74. The number of H-pyrrole nitrogens is 1. The average Bonchev–Trinajstić information content (AvgIpc) is 2.75. The second-order valence-electron chi connectivity index (χ2n) is 5.74. The van der Waals surface area contributed by atoms with E-state index in [1.165, 1.54) is 16.8 Å². The monoisotopic (exact) mass is 286 g/mol. The molecule has 0 saturated heterocycles. The van der Waals surface area contributed by atoms with Crippen molar-refractivity contribution in [2.24, 2.45) is 0 Å². The highest BCUT2D eigenvalue weighted by atomic mass is 16.1. The molecule has 0 aromatic carbocycles. The standard InChI is InChI=1S/C16H22N4O/c1-4-20-12(3)14(11(2)18-20)9-19-8-6-13-5-7-17-16(21)15(13)10-19/h5,7H,4,6,8-10H2,1-3H3,(H,17,21). The van der Waals surface area contributed by atoms with Gasteiger partial charge in [-0.05, 0) is 38.8 Å². The smallest absolute Gasteiger partial charge is 0.252 e. The molecule has 0 radical (unpaired) electrons. The predicted molar refractivity (Wildman–Crippen MR) is 82.3 cm³/mol. The van der Waals surface area contributed by atoms with Crippen LogP contribution >= 0.6 is 0 Å². The maximum Gasteiger partial charge on any atom is 0.252 e. The molecule has 0 atom stereocenters. The Morgan fingerprint density at radius 3 is 2.90 bits per heavy atom. The number of aromatic amines is 1. The molecule has 1 aliphatic rings. The molecule has 0 fully saturated rings. The van der Waals surface area contributed by atoms with Gasteiger partial charge in [-0.3, -0.25) is 14.4 Å². The summed E-state index contributed by atoms with van der Waals surface area (Å²) < 4.78 is 2.05. The van der Waals surface area contributed by atoms with Crippen molar-refractivity contribution in [3.63, 3.8) is 0 Å². The molecule has 0 saturated carbocycles. The van der Waals surface area contributed by atoms with E-state index in [0.29, 0.717) is 0 Å². The topological polar surface area (TPSA) is 53.9 Å². The van der Waals surface area contributed by atoms with Crippen LogP contribution in [0.2, 0.25) is 0 Å². The van der Waals surface area contributed by atoms with Gasteiger partial charge in [-0.2, -0.15) is 5.10 Å². The number of hydrogen-bond donors (Lipinski definition) is 1. The molecule has 5 heteroatoms. The van der Waals surface area contributed by atoms with E-state index < -0.39 is 0 Å². The molecule has 3 rings (SSSR count). The van der Waals surface area contributed by atoms with Crippen LogP contribution < -0.4 is 5.56 Å². The molecule has 0 unspecified atom stereocenters. The Morgan fingerprint density at radius 2 is 2.19 bits per heavy atom. The lowest BCUT2D eigenvalue weighted by Crippen LogP contribution is -2.34. The van der Waals surface area contributed by atoms with Gasteiger partial charge in [0.1, 0.15) is 0 Å². The van der Waals surface area contributed by atoms with Gasteiger partial charge in [0, 0.05) is 49.2 Å². The van der Waals surface area contributed by atoms with Crippen LogP contribution in [-0.4, -0.2) is 26.2 Å². The lowest BCUT2D eigenvalue weighted by Gasteiger charge is -2.28. The summed E-state index contributed by atoms with van der Waals surface area (Å²) in [5, 5.41) is 4.58. The molecule has 5 nitrogen and oxygen atoms in total. The van der Waals surface area contributed by atoms with Crippen LogP contribution in [0.25, 0.3) is 0 Å². The van der Waals surface area contributed by atoms with Crippen molar-refractivity contribution in [2.75, 3.05) is 6.54 Å². The molecular weight excluding hydrogens is 264 g/mol. The van der Waals surface area contributed by atoms with E-state index >= 15 is 0 Å². The van der Waals surface area contributed by atoms with Crippen molar-refractivity contribution in [3.8, 4) is 0 Å². The van der Waals surface area contributed by atoms with Crippen LogP contribution in [0.1, 0.15) is 35.0 Å². The molecule has 2 aromatic rings. The maximum atomic E-state index is 11.9. The Balaban J connectivity index is 1.83. The van der Waals surface area contributed by atoms with E-state index in [9.17, 15) is 4.79 Å². The molecule has 0 aliphatic carbocycles. The van der Waals surface area contributed by atoms with E-state index in [-0.39, 0.29) is 5.56 Å². The molecule has 0 bridgehead atoms. The first-order valence-electron chi connectivity index (χ1n) is 7.54. The number of aryl methyl sites for hydroxylation is 2. The van der Waals surface area contributed by atoms with E-state index in [1.54, 1.807) is 6.20 Å². The van der Waals surface area contributed by atoms with Crippen molar-refractivity contribution in [1.29, 1.82) is 0 Å². The largest absolute Gasteiger partial charge is 0.329 e. The Labute approximate surface area is 124 Å². The van der Waals surface area contributed by atoms with Gasteiger partial charge in [0.25, 0.3) is 5.56 Å². The van der Waals surface area contributed by atoms with Crippen LogP contribution in [0.15, 0.2) is 17.1 Å². The highest BCUT2D eigenvalue weighted by Gasteiger charge is 2.21. The predicted octanol–water partition coefficient (Wildman–Crippen LogP) is 1.77. The minimum absolute atomic E-state index is 0.0508. The van der Waals surface area contributed by atoms with Crippen LogP contribution in [0.5, 0.6) is 0 Å². The number of fused-ring (bicyclic) bond motifs is 1. The minimum Gasteiger partial charge on any atom is -0.329 e. The third-order valence-corrected chi connectivity index (χ3v) is 4.45. The highest BCUT2D eigenvalue weighted by molar-refractivity contribution is 5.28. The van der Waals surface area contributed by atoms with Crippen molar-refractivity contribution in [2.45, 2.75) is 46.8 Å². The highest BCUT2D eigenvalue weighted by Crippen LogP contribution is 2.20. The third kappa shape index (κ3) is 2.53. The minimum atomic E-state index is 0.0508. The van der Waals surface area contributed by atoms with Crippen LogP contribution in [0.3, 0.4) is 0 Å². The zero-order valence-electron chi connectivity index (χ0n) is 12.9. The number of pyridine rings is 1. The Hall–Kier alpha value is -1.88. The van der Waals surface area contributed by atoms with Gasteiger partial charge in [-0.25, -0.2) is 0 Å². The molecular formula is C16H22N4O. The van der Waals surface area contributed by atoms with E-state index in [0.717, 1.165) is 43.9 Å². The Bertz CT molecular complexity index is 714. The lowest BCUT2D eigenvalue weighted by molar-refractivity contribution is 0.243. The van der Waals surface area contributed by atoms with Crippen LogP contribution in [0, 0.1) is 13.8 Å². The van der Waals surface area contributed by atoms with E-state index in [1.807, 2.05) is 6.07 Å². The number of hydrogen-bond acceptors (Lipinski definition) is 3. The first-order chi connectivity index (χ1) is 10.1. The van der Waals surface area contributed by atoms with Gasteiger partial charge in [-0.15, -0.1) is 0 Å². The van der Waals surface area contributed by atoms with Crippen LogP contribution in [0.4, 0.5) is 0 Å². The number of nitrogens with zero attached hydrogens (tertiary/aromatic N) is 3. The Kier molecular flexibility index (Phi) is 3.68. The van der Waals surface area contributed by atoms with Gasteiger partial charge >= 0.3 is 0 Å². The first kappa shape index (κ1) is 14.1. The second kappa shape index (κ2) is 5.48. The number of rotatable bonds is 3. The summed E-state index contributed by atoms with van der Waals surface area (Å²) in [6.07, 6.45) is 2.69. The SMILES string of the molecule is CCn1nc(C)c(CN2CCc3cc[nH]c(=O)c3C2)c1C. The molecule has 0 amide bonds. The van der Waals surface area contributed by atoms with E-state index in [4.69, 9.17) is 0 Å². The van der Waals surface area contributed by atoms with Crippen molar-refractivity contribution >= 4 is 0 Å². The zero-order valence-corrected chi connectivity index (χ0v) is 12.9. The summed E-state index contributed by atoms with van der Waals surface area (Å²) in [5.41, 5.74) is 5.79. The molecule has 1 aliphatic heterocycles. The average molecular weight is 286 g/mol. The fourth-order valence-corrected chi connectivity index (χ4v) is 3.17. The van der Waals surface area contributed by atoms with Gasteiger partial charge in [0.2, 0.25) is 0 Å². The molecule has 0 spiro atoms. The number of aromatic nitrogens is 3. The summed E-state index contributed by atoms with van der Waals surface area (Å²) in [7, 11) is 0. The summed E-state index contributed by atoms with van der Waals surface area (Å²) in [5.74, 6) is 0. The number of nitrogens with one attached hydrogen (secondary N) is 1. The summed E-state index contributed by atoms with van der Waals surface area (Å²) in [6.45, 7) is 9.79. The van der Waals surface area contributed by atoms with Crippen molar-refractivity contribution < 1.29 is 0 Å². The van der Waals surface area contributed by atoms with Crippen molar-refractivity contribution in [3.05, 3.63) is 50.7 Å². The molecule has 21 heavy (non-hydrogen) atoms. The van der Waals surface area contributed by atoms with Gasteiger partial charge in [0.15, 0.2) is 0 Å². The summed E-state index contributed by atoms with van der Waals surface area (Å²) >= 11 is 0. The third-order valence-electron chi connectivity index (χ3n) is 4.45. The quantitative estimate of drug-likeness (QED) is 0.935. The van der Waals surface area contributed by atoms with Gasteiger partial charge < -0.3 is 4.98 Å². The fourth-order valence-electron chi connectivity index (χ4n) is 3.17. The molecule has 112 valence electrons. The molecule has 3 heterocycles.